The number of nitrogens with zero attached hydrogens (tertiary/aromatic N) is 5. The van der Waals surface area contributed by atoms with Crippen LogP contribution in [-0.2, 0) is 5.41 Å². The third-order valence-electron chi connectivity index (χ3n) is 20.1. The first-order valence-corrected chi connectivity index (χ1v) is 32.8. The lowest BCUT2D eigenvalue weighted by molar-refractivity contribution is 0.590. The van der Waals surface area contributed by atoms with E-state index in [1.807, 2.05) is 0 Å². The summed E-state index contributed by atoms with van der Waals surface area (Å²) in [6, 6.07) is 120. The maximum Gasteiger partial charge on any atom is 0.252 e. The van der Waals surface area contributed by atoms with Crippen molar-refractivity contribution in [3.05, 3.63) is 327 Å². The van der Waals surface area contributed by atoms with Gasteiger partial charge in [-0.1, -0.05) is 245 Å². The minimum Gasteiger partial charge on any atom is -0.311 e. The Morgan fingerprint density at radius 3 is 1.11 bits per heavy atom. The average Bonchev–Trinajstić information content (AvgIpc) is 0.851. The summed E-state index contributed by atoms with van der Waals surface area (Å²) in [4.78, 5) is 5.28. The highest BCUT2D eigenvalue weighted by Gasteiger charge is 2.45. The molecular formula is C88H62BN5. The van der Waals surface area contributed by atoms with Gasteiger partial charge in [0.05, 0.1) is 38.8 Å². The van der Waals surface area contributed by atoms with E-state index in [9.17, 15) is 0 Å². The maximum atomic E-state index is 2.67. The molecule has 0 saturated carbocycles. The summed E-state index contributed by atoms with van der Waals surface area (Å²) in [6.45, 7) is 6.94. The lowest BCUT2D eigenvalue weighted by Crippen LogP contribution is -2.61. The quantitative estimate of drug-likeness (QED) is 0.141. The van der Waals surface area contributed by atoms with Crippen LogP contribution in [0.25, 0.3) is 116 Å². The first-order valence-electron chi connectivity index (χ1n) is 32.8. The molecule has 5 nitrogen and oxygen atoms in total. The van der Waals surface area contributed by atoms with Gasteiger partial charge in [0, 0.05) is 88.9 Å². The monoisotopic (exact) mass is 1200 g/mol. The lowest BCUT2D eigenvalue weighted by atomic mass is 9.33. The van der Waals surface area contributed by atoms with Gasteiger partial charge in [0.15, 0.2) is 0 Å². The summed E-state index contributed by atoms with van der Waals surface area (Å²) in [6.07, 6.45) is 0. The zero-order chi connectivity index (χ0) is 62.3. The Morgan fingerprint density at radius 1 is 0.255 bits per heavy atom. The highest BCUT2D eigenvalue weighted by atomic mass is 15.2. The number of fused-ring (bicyclic) bond motifs is 13. The van der Waals surface area contributed by atoms with E-state index in [2.05, 4.69) is 366 Å². The Hall–Kier alpha value is -11.9. The third-order valence-corrected chi connectivity index (χ3v) is 20.1. The second-order valence-corrected chi connectivity index (χ2v) is 26.4. The van der Waals surface area contributed by atoms with Gasteiger partial charge >= 0.3 is 0 Å². The van der Waals surface area contributed by atoms with Crippen LogP contribution in [0.2, 0.25) is 0 Å². The van der Waals surface area contributed by atoms with Gasteiger partial charge in [-0.15, -0.1) is 0 Å². The molecule has 0 saturated heterocycles. The molecule has 14 aromatic carbocycles. The third kappa shape index (κ3) is 8.15. The zero-order valence-corrected chi connectivity index (χ0v) is 52.4. The second kappa shape index (κ2) is 20.8. The number of hydrogen-bond donors (Lipinski definition) is 0. The molecule has 0 N–H and O–H groups in total. The van der Waals surface area contributed by atoms with E-state index >= 15 is 0 Å². The molecule has 0 aliphatic carbocycles. The van der Waals surface area contributed by atoms with Crippen LogP contribution in [0, 0.1) is 0 Å². The van der Waals surface area contributed by atoms with Crippen molar-refractivity contribution in [1.82, 2.24) is 13.7 Å². The molecule has 0 atom stereocenters. The molecule has 94 heavy (non-hydrogen) atoms. The molecule has 6 heteroatoms. The molecule has 0 spiro atoms. The molecule has 2 aliphatic heterocycles. The normalized spacial score (nSPS) is 12.8. The van der Waals surface area contributed by atoms with Crippen molar-refractivity contribution in [3.63, 3.8) is 0 Å². The molecule has 17 aromatic rings. The van der Waals surface area contributed by atoms with Crippen molar-refractivity contribution in [2.24, 2.45) is 0 Å². The van der Waals surface area contributed by atoms with Gasteiger partial charge in [0.25, 0.3) is 6.71 Å². The van der Waals surface area contributed by atoms with Crippen LogP contribution in [-0.4, -0.2) is 20.4 Å². The number of anilines is 6. The van der Waals surface area contributed by atoms with Crippen molar-refractivity contribution in [3.8, 4) is 50.4 Å². The molecule has 19 rings (SSSR count). The van der Waals surface area contributed by atoms with Crippen LogP contribution in [0.5, 0.6) is 0 Å². The van der Waals surface area contributed by atoms with E-state index in [0.29, 0.717) is 0 Å². The smallest absolute Gasteiger partial charge is 0.252 e. The average molecular weight is 1200 g/mol. The van der Waals surface area contributed by atoms with Gasteiger partial charge in [0.2, 0.25) is 0 Å². The molecule has 0 fully saturated rings. The number of rotatable bonds is 8. The van der Waals surface area contributed by atoms with E-state index < -0.39 is 0 Å². The highest BCUT2D eigenvalue weighted by molar-refractivity contribution is 7.00. The number of para-hydroxylation sites is 6. The van der Waals surface area contributed by atoms with Crippen LogP contribution in [0.4, 0.5) is 34.1 Å². The van der Waals surface area contributed by atoms with Gasteiger partial charge in [-0.3, -0.25) is 0 Å². The van der Waals surface area contributed by atoms with Gasteiger partial charge < -0.3 is 23.5 Å². The molecule has 3 aromatic heterocycles. The fraction of sp³-hybridized carbons (Fsp3) is 0.0455. The van der Waals surface area contributed by atoms with E-state index in [1.165, 1.54) is 93.3 Å². The van der Waals surface area contributed by atoms with Crippen LogP contribution in [0.15, 0.2) is 322 Å². The number of benzene rings is 14. The number of aromatic nitrogens is 3. The summed E-state index contributed by atoms with van der Waals surface area (Å²) in [5, 5.41) is 7.39. The lowest BCUT2D eigenvalue weighted by Gasteiger charge is -2.46. The Bertz CT molecular complexity index is 5760. The van der Waals surface area contributed by atoms with E-state index in [0.717, 1.165) is 78.7 Å². The SMILES string of the molecule is CC(C)(C)c1cc2c3c(c1)N(c1c(-c4ccccc4)cccc1-c1ccccc1)c1cc(-n4c5ccccc5c5ccccc54)ccc1B3c1ccc(-n3c4ccccc4c4cc(-n5c6ccccc6c6ccccc65)ccc43)cc1N2c1cccc(-c2ccccc2)c1. The first-order chi connectivity index (χ1) is 46.3. The number of hydrogen-bond acceptors (Lipinski definition) is 2. The van der Waals surface area contributed by atoms with Crippen LogP contribution < -0.4 is 26.2 Å². The molecule has 0 bridgehead atoms. The summed E-state index contributed by atoms with van der Waals surface area (Å²) in [5.41, 5.74) is 28.9. The second-order valence-electron chi connectivity index (χ2n) is 26.4. The van der Waals surface area contributed by atoms with Crippen molar-refractivity contribution in [2.45, 2.75) is 26.2 Å². The fourth-order valence-corrected chi connectivity index (χ4v) is 15.9. The Balaban J connectivity index is 0.913. The molecule has 0 amide bonds. The van der Waals surface area contributed by atoms with Gasteiger partial charge in [0.1, 0.15) is 0 Å². The molecule has 5 heterocycles. The molecule has 442 valence electrons. The Morgan fingerprint density at radius 2 is 0.628 bits per heavy atom. The molecule has 0 radical (unpaired) electrons. The minimum atomic E-state index is -0.264. The van der Waals surface area contributed by atoms with Crippen molar-refractivity contribution in [2.75, 3.05) is 9.80 Å². The molecule has 0 unspecified atom stereocenters. The topological polar surface area (TPSA) is 21.3 Å². The van der Waals surface area contributed by atoms with Gasteiger partial charge in [-0.05, 0) is 147 Å². The summed E-state index contributed by atoms with van der Waals surface area (Å²) < 4.78 is 7.43. The predicted molar refractivity (Wildman–Crippen MR) is 398 cm³/mol. The maximum absolute atomic E-state index is 2.67. The van der Waals surface area contributed by atoms with Gasteiger partial charge in [-0.2, -0.15) is 0 Å². The summed E-state index contributed by atoms with van der Waals surface area (Å²) in [7, 11) is 0. The predicted octanol–water partition coefficient (Wildman–Crippen LogP) is 21.4. The summed E-state index contributed by atoms with van der Waals surface area (Å²) >= 11 is 0. The van der Waals surface area contributed by atoms with Crippen molar-refractivity contribution >= 4 is 123 Å². The standard InChI is InChI=1S/C88H62BN5/c1-88(2,3)61-52-84-86-85(53-61)94(87-66(58-27-9-5-10-28-58)38-24-39-67(87)59-29-11-6-12-30-59)83-56-65(91-78-42-20-15-35-70(78)71-36-16-21-43-79(71)91)46-49-75(83)89(86)74-48-45-64(55-82(74)93(84)62-32-23-31-60(51-62)57-25-7-4-8-26-57)92-80-44-22-17-37-72(80)73-54-63(47-50-81(73)92)90-76-40-18-13-33-68(76)69-34-14-19-41-77(69)90/h4-56H,1-3H3. The van der Waals surface area contributed by atoms with Crippen molar-refractivity contribution in [1.29, 1.82) is 0 Å². The highest BCUT2D eigenvalue weighted by Crippen LogP contribution is 2.52. The summed E-state index contributed by atoms with van der Waals surface area (Å²) in [5.74, 6) is 0. The first kappa shape index (κ1) is 53.9. The van der Waals surface area contributed by atoms with Crippen LogP contribution >= 0.6 is 0 Å². The van der Waals surface area contributed by atoms with E-state index in [-0.39, 0.29) is 12.1 Å². The van der Waals surface area contributed by atoms with E-state index in [1.54, 1.807) is 0 Å². The molecular weight excluding hydrogens is 1140 g/mol. The molecule has 2 aliphatic rings. The fourth-order valence-electron chi connectivity index (χ4n) is 15.9. The van der Waals surface area contributed by atoms with Crippen molar-refractivity contribution < 1.29 is 0 Å². The largest absolute Gasteiger partial charge is 0.311 e. The Kier molecular flexibility index (Phi) is 12.0. The zero-order valence-electron chi connectivity index (χ0n) is 52.4. The van der Waals surface area contributed by atoms with Crippen LogP contribution in [0.1, 0.15) is 26.3 Å². The van der Waals surface area contributed by atoms with Crippen LogP contribution in [0.3, 0.4) is 0 Å². The Labute approximate surface area is 546 Å². The van der Waals surface area contributed by atoms with E-state index in [4.69, 9.17) is 0 Å². The minimum absolute atomic E-state index is 0.175. The van der Waals surface area contributed by atoms with Gasteiger partial charge in [-0.25, -0.2) is 0 Å².